The first-order valence-corrected chi connectivity index (χ1v) is 13.6. The van der Waals surface area contributed by atoms with E-state index >= 15 is 0 Å². The highest BCUT2D eigenvalue weighted by Gasteiger charge is 2.28. The molecule has 0 saturated carbocycles. The van der Waals surface area contributed by atoms with E-state index in [4.69, 9.17) is 5.73 Å². The van der Waals surface area contributed by atoms with Gasteiger partial charge in [0.25, 0.3) is 0 Å². The van der Waals surface area contributed by atoms with E-state index in [1.165, 1.54) is 0 Å². The molecule has 202 valence electrons. The van der Waals surface area contributed by atoms with E-state index in [0.29, 0.717) is 31.5 Å². The number of pyridine rings is 1. The molecule has 0 amide bonds. The number of rotatable bonds is 12. The third-order valence-corrected chi connectivity index (χ3v) is 6.90. The van der Waals surface area contributed by atoms with Gasteiger partial charge in [-0.25, -0.2) is 0 Å². The van der Waals surface area contributed by atoms with Gasteiger partial charge in [0.1, 0.15) is 11.6 Å². The minimum Gasteiger partial charge on any atom is -0.349 e. The van der Waals surface area contributed by atoms with Crippen molar-refractivity contribution in [1.29, 1.82) is 0 Å². The summed E-state index contributed by atoms with van der Waals surface area (Å²) in [5.41, 5.74) is 11.8. The number of benzene rings is 2. The van der Waals surface area contributed by atoms with Crippen molar-refractivity contribution in [2.45, 2.75) is 52.6 Å². The van der Waals surface area contributed by atoms with Gasteiger partial charge in [-0.1, -0.05) is 54.6 Å². The fourth-order valence-corrected chi connectivity index (χ4v) is 5.26. The van der Waals surface area contributed by atoms with Crippen molar-refractivity contribution >= 4 is 17.3 Å². The van der Waals surface area contributed by atoms with Crippen molar-refractivity contribution in [2.24, 2.45) is 11.7 Å². The molecule has 2 aromatic carbocycles. The molecule has 4 rings (SSSR count). The molecule has 1 aliphatic heterocycles. The van der Waals surface area contributed by atoms with Crippen molar-refractivity contribution in [3.63, 3.8) is 0 Å². The molecule has 1 aromatic heterocycles. The lowest BCUT2D eigenvalue weighted by molar-refractivity contribution is -0.118. The molecule has 0 spiro atoms. The zero-order valence-electron chi connectivity index (χ0n) is 23.1. The second-order valence-electron chi connectivity index (χ2n) is 10.5. The van der Waals surface area contributed by atoms with Gasteiger partial charge in [0, 0.05) is 43.0 Å². The van der Waals surface area contributed by atoms with Crippen LogP contribution >= 0.6 is 0 Å². The Balaban J connectivity index is 1.65. The maximum atomic E-state index is 13.2. The zero-order chi connectivity index (χ0) is 27.8. The number of aromatic nitrogens is 1. The molecule has 0 saturated heterocycles. The Labute approximate surface area is 231 Å². The average molecular weight is 523 g/mol. The highest BCUT2D eigenvalue weighted by atomic mass is 16.1. The van der Waals surface area contributed by atoms with Crippen LogP contribution in [-0.2, 0) is 16.1 Å². The predicted octanol–water partition coefficient (Wildman–Crippen LogP) is 6.13. The van der Waals surface area contributed by atoms with Crippen LogP contribution in [0.15, 0.2) is 102 Å². The molecule has 2 heterocycles. The van der Waals surface area contributed by atoms with Crippen LogP contribution in [0.5, 0.6) is 0 Å². The van der Waals surface area contributed by atoms with Crippen LogP contribution in [0.4, 0.5) is 5.69 Å². The Kier molecular flexibility index (Phi) is 9.45. The SMILES string of the molecule is CC(=O)CC(CC1=CCN(Cc2ccc(-c3ccccn3)cc2)C(Nc2ccccc2)=C1C(C)=O)CC(C)N. The van der Waals surface area contributed by atoms with Gasteiger partial charge in [0.05, 0.1) is 11.3 Å². The third kappa shape index (κ3) is 7.74. The van der Waals surface area contributed by atoms with Crippen LogP contribution in [0, 0.1) is 5.92 Å². The fraction of sp³-hybridized carbons (Fsp3) is 0.303. The van der Waals surface area contributed by atoms with Crippen LogP contribution in [0.3, 0.4) is 0 Å². The number of para-hydroxylation sites is 1. The summed E-state index contributed by atoms with van der Waals surface area (Å²) in [6.07, 6.45) is 5.77. The minimum absolute atomic E-state index is 0.00254. The van der Waals surface area contributed by atoms with Gasteiger partial charge in [0.2, 0.25) is 0 Å². The molecule has 0 aliphatic carbocycles. The summed E-state index contributed by atoms with van der Waals surface area (Å²) < 4.78 is 0. The van der Waals surface area contributed by atoms with Gasteiger partial charge in [0.15, 0.2) is 5.78 Å². The summed E-state index contributed by atoms with van der Waals surface area (Å²) in [4.78, 5) is 31.8. The Morgan fingerprint density at radius 3 is 2.33 bits per heavy atom. The molecule has 2 unspecified atom stereocenters. The number of anilines is 1. The number of ketones is 2. The molecule has 6 heteroatoms. The molecule has 1 aliphatic rings. The monoisotopic (exact) mass is 522 g/mol. The maximum absolute atomic E-state index is 13.2. The number of nitrogens with one attached hydrogen (secondary N) is 1. The summed E-state index contributed by atoms with van der Waals surface area (Å²) >= 11 is 0. The number of hydrogen-bond donors (Lipinski definition) is 2. The zero-order valence-corrected chi connectivity index (χ0v) is 23.1. The number of carbonyl (C=O) groups excluding carboxylic acids is 2. The van der Waals surface area contributed by atoms with Crippen LogP contribution in [0.2, 0.25) is 0 Å². The lowest BCUT2D eigenvalue weighted by atomic mass is 9.84. The summed E-state index contributed by atoms with van der Waals surface area (Å²) in [6.45, 7) is 6.48. The number of nitrogens with zero attached hydrogens (tertiary/aromatic N) is 2. The topological polar surface area (TPSA) is 88.3 Å². The van der Waals surface area contributed by atoms with Crippen molar-refractivity contribution in [3.8, 4) is 11.3 Å². The lowest BCUT2D eigenvalue weighted by Crippen LogP contribution is -2.34. The van der Waals surface area contributed by atoms with Crippen LogP contribution in [-0.4, -0.2) is 34.0 Å². The van der Waals surface area contributed by atoms with E-state index in [1.807, 2.05) is 55.5 Å². The Morgan fingerprint density at radius 1 is 1.00 bits per heavy atom. The number of nitrogens with two attached hydrogens (primary N) is 1. The van der Waals surface area contributed by atoms with Gasteiger partial charge in [-0.05, 0) is 74.9 Å². The molecular weight excluding hydrogens is 484 g/mol. The molecule has 3 aromatic rings. The molecule has 0 bridgehead atoms. The van der Waals surface area contributed by atoms with E-state index in [2.05, 4.69) is 45.5 Å². The van der Waals surface area contributed by atoms with Gasteiger partial charge in [-0.15, -0.1) is 0 Å². The third-order valence-electron chi connectivity index (χ3n) is 6.90. The second-order valence-corrected chi connectivity index (χ2v) is 10.5. The van der Waals surface area contributed by atoms with Gasteiger partial charge in [-0.2, -0.15) is 0 Å². The van der Waals surface area contributed by atoms with Crippen LogP contribution in [0.1, 0.15) is 45.6 Å². The van der Waals surface area contributed by atoms with E-state index in [-0.39, 0.29) is 23.5 Å². The van der Waals surface area contributed by atoms with Crippen molar-refractivity contribution in [2.75, 3.05) is 11.9 Å². The standard InChI is InChI=1S/C33H38N4O2/c1-23(34)19-27(20-24(2)38)21-29-16-18-37(33(32(29)25(3)39)36-30-9-5-4-6-10-30)22-26-12-14-28(15-13-26)31-11-7-8-17-35-31/h4-17,23,27,36H,18-22,34H2,1-3H3. The van der Waals surface area contributed by atoms with Gasteiger partial charge >= 0.3 is 0 Å². The summed E-state index contributed by atoms with van der Waals surface area (Å²) in [7, 11) is 0. The van der Waals surface area contributed by atoms with Crippen molar-refractivity contribution < 1.29 is 9.59 Å². The van der Waals surface area contributed by atoms with Crippen LogP contribution < -0.4 is 11.1 Å². The summed E-state index contributed by atoms with van der Waals surface area (Å²) in [5, 5.41) is 3.55. The fourth-order valence-electron chi connectivity index (χ4n) is 5.26. The predicted molar refractivity (Wildman–Crippen MR) is 158 cm³/mol. The first-order valence-electron chi connectivity index (χ1n) is 13.6. The second kappa shape index (κ2) is 13.2. The van der Waals surface area contributed by atoms with Gasteiger partial charge in [-0.3, -0.25) is 9.78 Å². The Bertz CT molecular complexity index is 1330. The van der Waals surface area contributed by atoms with Gasteiger partial charge < -0.3 is 20.7 Å². The molecule has 0 radical (unpaired) electrons. The highest BCUT2D eigenvalue weighted by Crippen LogP contribution is 2.33. The van der Waals surface area contributed by atoms with E-state index < -0.39 is 0 Å². The Hall–Kier alpha value is -4.03. The number of carbonyl (C=O) groups is 2. The van der Waals surface area contributed by atoms with E-state index in [1.54, 1.807) is 20.0 Å². The van der Waals surface area contributed by atoms with E-state index in [0.717, 1.165) is 40.3 Å². The van der Waals surface area contributed by atoms with Crippen molar-refractivity contribution in [1.82, 2.24) is 9.88 Å². The summed E-state index contributed by atoms with van der Waals surface area (Å²) in [6, 6.07) is 24.2. The molecule has 2 atom stereocenters. The lowest BCUT2D eigenvalue weighted by Gasteiger charge is -2.34. The number of allylic oxidation sites excluding steroid dienone is 2. The molecule has 3 N–H and O–H groups in total. The number of Topliss-reactive ketones (excluding diaryl/α,β-unsaturated/α-hetero) is 2. The molecular formula is C33H38N4O2. The normalized spacial score (nSPS) is 15.0. The van der Waals surface area contributed by atoms with Crippen molar-refractivity contribution in [3.05, 3.63) is 108 Å². The Morgan fingerprint density at radius 2 is 1.72 bits per heavy atom. The van der Waals surface area contributed by atoms with Crippen LogP contribution in [0.25, 0.3) is 11.3 Å². The van der Waals surface area contributed by atoms with E-state index in [9.17, 15) is 9.59 Å². The number of hydrogen-bond acceptors (Lipinski definition) is 6. The first-order chi connectivity index (χ1) is 18.8. The molecule has 39 heavy (non-hydrogen) atoms. The highest BCUT2D eigenvalue weighted by molar-refractivity contribution is 5.99. The maximum Gasteiger partial charge on any atom is 0.163 e. The first kappa shape index (κ1) is 28.0. The molecule has 0 fully saturated rings. The smallest absolute Gasteiger partial charge is 0.163 e. The average Bonchev–Trinajstić information content (AvgIpc) is 2.90. The minimum atomic E-state index is -0.0178. The molecule has 6 nitrogen and oxygen atoms in total. The largest absolute Gasteiger partial charge is 0.349 e. The summed E-state index contributed by atoms with van der Waals surface area (Å²) in [5.74, 6) is 1.02. The quantitative estimate of drug-likeness (QED) is 0.298.